The maximum absolute atomic E-state index is 12.1. The Hall–Kier alpha value is -2.43. The Labute approximate surface area is 129 Å². The molecular weight excluding hydrogens is 280 g/mol. The average molecular weight is 300 g/mol. The molecule has 5 heteroatoms. The number of carbonyl (C=O) groups is 3. The normalized spacial score (nSPS) is 18.0. The fourth-order valence-corrected chi connectivity index (χ4v) is 2.50. The highest BCUT2D eigenvalue weighted by Gasteiger charge is 2.29. The van der Waals surface area contributed by atoms with Crippen molar-refractivity contribution in [2.45, 2.75) is 33.6 Å². The van der Waals surface area contributed by atoms with Gasteiger partial charge in [-0.1, -0.05) is 17.7 Å². The highest BCUT2D eigenvalue weighted by atomic mass is 16.2. The van der Waals surface area contributed by atoms with E-state index in [1.165, 1.54) is 6.92 Å². The second-order valence-corrected chi connectivity index (χ2v) is 5.67. The summed E-state index contributed by atoms with van der Waals surface area (Å²) in [6.45, 7) is 5.15. The smallest absolute Gasteiger partial charge is 0.228 e. The van der Waals surface area contributed by atoms with Crippen LogP contribution in [0.15, 0.2) is 35.5 Å². The van der Waals surface area contributed by atoms with Crippen LogP contribution in [0.25, 0.3) is 0 Å². The zero-order valence-electron chi connectivity index (χ0n) is 13.0. The predicted molar refractivity (Wildman–Crippen MR) is 84.1 cm³/mol. The number of ketones is 1. The molecule has 1 heterocycles. The Balaban J connectivity index is 2.01. The molecule has 0 saturated carbocycles. The molecule has 5 nitrogen and oxygen atoms in total. The summed E-state index contributed by atoms with van der Waals surface area (Å²) >= 11 is 0. The van der Waals surface area contributed by atoms with Gasteiger partial charge in [-0.2, -0.15) is 0 Å². The minimum absolute atomic E-state index is 0.0593. The van der Waals surface area contributed by atoms with Crippen LogP contribution < -0.4 is 10.6 Å². The number of anilines is 1. The first-order chi connectivity index (χ1) is 10.4. The van der Waals surface area contributed by atoms with Crippen molar-refractivity contribution < 1.29 is 14.4 Å². The second-order valence-electron chi connectivity index (χ2n) is 5.67. The van der Waals surface area contributed by atoms with Crippen molar-refractivity contribution in [1.29, 1.82) is 0 Å². The molecule has 1 aliphatic rings. The molecule has 22 heavy (non-hydrogen) atoms. The number of carbonyl (C=O) groups excluding carboxylic acids is 3. The van der Waals surface area contributed by atoms with Gasteiger partial charge in [0.15, 0.2) is 5.78 Å². The summed E-state index contributed by atoms with van der Waals surface area (Å²) in [6, 6.07) is 7.45. The molecule has 0 aliphatic carbocycles. The van der Waals surface area contributed by atoms with Crippen LogP contribution in [0.4, 0.5) is 5.69 Å². The number of Topliss-reactive ketones (excluding diaryl/α,β-unsaturated/α-hetero) is 1. The van der Waals surface area contributed by atoms with Crippen molar-refractivity contribution >= 4 is 23.3 Å². The number of allylic oxidation sites excluding steroid dienone is 2. The summed E-state index contributed by atoms with van der Waals surface area (Å²) in [5.74, 6) is -1.01. The number of rotatable bonds is 4. The summed E-state index contributed by atoms with van der Waals surface area (Å²) < 4.78 is 0. The van der Waals surface area contributed by atoms with Crippen molar-refractivity contribution in [3.63, 3.8) is 0 Å². The van der Waals surface area contributed by atoms with Crippen molar-refractivity contribution in [1.82, 2.24) is 5.32 Å². The van der Waals surface area contributed by atoms with Gasteiger partial charge in [0.25, 0.3) is 0 Å². The molecule has 1 atom stereocenters. The number of hydrogen-bond donors (Lipinski definition) is 2. The zero-order chi connectivity index (χ0) is 16.3. The molecule has 1 aromatic rings. The van der Waals surface area contributed by atoms with Gasteiger partial charge in [0, 0.05) is 23.4 Å². The molecule has 0 radical (unpaired) electrons. The largest absolute Gasteiger partial charge is 0.329 e. The molecule has 0 spiro atoms. The molecule has 0 saturated heterocycles. The first-order valence-corrected chi connectivity index (χ1v) is 7.25. The van der Waals surface area contributed by atoms with E-state index in [1.54, 1.807) is 6.92 Å². The molecule has 116 valence electrons. The van der Waals surface area contributed by atoms with E-state index in [4.69, 9.17) is 0 Å². The van der Waals surface area contributed by atoms with Crippen LogP contribution >= 0.6 is 0 Å². The minimum Gasteiger partial charge on any atom is -0.329 e. The Bertz CT molecular complexity index is 644. The Morgan fingerprint density at radius 3 is 2.45 bits per heavy atom. The lowest BCUT2D eigenvalue weighted by Crippen LogP contribution is -2.38. The maximum atomic E-state index is 12.1. The summed E-state index contributed by atoms with van der Waals surface area (Å²) in [5.41, 5.74) is 2.99. The van der Waals surface area contributed by atoms with Gasteiger partial charge < -0.3 is 10.6 Å². The van der Waals surface area contributed by atoms with E-state index < -0.39 is 5.92 Å². The summed E-state index contributed by atoms with van der Waals surface area (Å²) in [6.07, 6.45) is 0.373. The minimum atomic E-state index is -0.506. The van der Waals surface area contributed by atoms with Gasteiger partial charge in [-0.25, -0.2) is 0 Å². The molecule has 2 amide bonds. The van der Waals surface area contributed by atoms with Crippen LogP contribution in [0.5, 0.6) is 0 Å². The average Bonchev–Trinajstić information content (AvgIpc) is 2.44. The molecule has 1 aliphatic heterocycles. The lowest BCUT2D eigenvalue weighted by Gasteiger charge is -2.24. The van der Waals surface area contributed by atoms with E-state index in [-0.39, 0.29) is 24.0 Å². The summed E-state index contributed by atoms with van der Waals surface area (Å²) in [4.78, 5) is 35.6. The fourth-order valence-electron chi connectivity index (χ4n) is 2.50. The van der Waals surface area contributed by atoms with Crippen molar-refractivity contribution in [2.75, 3.05) is 5.32 Å². The Morgan fingerprint density at radius 2 is 1.86 bits per heavy atom. The highest BCUT2D eigenvalue weighted by molar-refractivity contribution is 5.99. The first kappa shape index (κ1) is 15.9. The Kier molecular flexibility index (Phi) is 4.75. The number of amides is 2. The number of benzene rings is 1. The van der Waals surface area contributed by atoms with Gasteiger partial charge in [-0.15, -0.1) is 0 Å². The van der Waals surface area contributed by atoms with Crippen molar-refractivity contribution in [3.8, 4) is 0 Å². The monoisotopic (exact) mass is 300 g/mol. The third-order valence-corrected chi connectivity index (χ3v) is 3.78. The molecule has 2 rings (SSSR count). The van der Waals surface area contributed by atoms with Gasteiger partial charge in [-0.05, 0) is 39.3 Å². The van der Waals surface area contributed by atoms with E-state index >= 15 is 0 Å². The summed E-state index contributed by atoms with van der Waals surface area (Å²) in [5, 5.41) is 5.45. The van der Waals surface area contributed by atoms with Gasteiger partial charge in [0.05, 0.1) is 5.92 Å². The first-order valence-electron chi connectivity index (χ1n) is 7.25. The standard InChI is InChI=1S/C17H20N2O3/c1-10-4-6-14(7-5-10)19-16(21)9-13-8-15(12(3)20)11(2)18-17(13)22/h4-7,13H,8-9H2,1-3H3,(H,18,22)(H,19,21). The molecule has 0 fully saturated rings. The molecule has 0 aromatic heterocycles. The molecule has 0 bridgehead atoms. The lowest BCUT2D eigenvalue weighted by molar-refractivity contribution is -0.128. The number of hydrogen-bond acceptors (Lipinski definition) is 3. The third kappa shape index (κ3) is 3.81. The molecule has 2 N–H and O–H groups in total. The zero-order valence-corrected chi connectivity index (χ0v) is 13.0. The van der Waals surface area contributed by atoms with E-state index in [9.17, 15) is 14.4 Å². The fraction of sp³-hybridized carbons (Fsp3) is 0.353. The van der Waals surface area contributed by atoms with Gasteiger partial charge in [-0.3, -0.25) is 14.4 Å². The van der Waals surface area contributed by atoms with E-state index in [2.05, 4.69) is 10.6 Å². The SMILES string of the molecule is CC(=O)C1=C(C)NC(=O)C(CC(=O)Nc2ccc(C)cc2)C1. The van der Waals surface area contributed by atoms with E-state index in [0.29, 0.717) is 23.4 Å². The van der Waals surface area contributed by atoms with Crippen molar-refractivity contribution in [3.05, 3.63) is 41.1 Å². The molecular formula is C17H20N2O3. The second kappa shape index (κ2) is 6.56. The maximum Gasteiger partial charge on any atom is 0.228 e. The topological polar surface area (TPSA) is 75.3 Å². The van der Waals surface area contributed by atoms with E-state index in [1.807, 2.05) is 31.2 Å². The number of nitrogens with one attached hydrogen (secondary N) is 2. The van der Waals surface area contributed by atoms with Crippen LogP contribution in [0.1, 0.15) is 32.3 Å². The molecule has 1 unspecified atom stereocenters. The summed E-state index contributed by atoms with van der Waals surface area (Å²) in [7, 11) is 0. The third-order valence-electron chi connectivity index (χ3n) is 3.78. The van der Waals surface area contributed by atoms with Crippen LogP contribution in [-0.4, -0.2) is 17.6 Å². The van der Waals surface area contributed by atoms with Crippen LogP contribution in [0.3, 0.4) is 0 Å². The van der Waals surface area contributed by atoms with E-state index in [0.717, 1.165) is 5.56 Å². The lowest BCUT2D eigenvalue weighted by atomic mass is 9.89. The van der Waals surface area contributed by atoms with Gasteiger partial charge in [0.1, 0.15) is 0 Å². The molecule has 1 aromatic carbocycles. The van der Waals surface area contributed by atoms with Crippen molar-refractivity contribution in [2.24, 2.45) is 5.92 Å². The predicted octanol–water partition coefficient (Wildman–Crippen LogP) is 2.32. The van der Waals surface area contributed by atoms with Crippen LogP contribution in [0, 0.1) is 12.8 Å². The van der Waals surface area contributed by atoms with Gasteiger partial charge in [0.2, 0.25) is 11.8 Å². The van der Waals surface area contributed by atoms with Crippen LogP contribution in [-0.2, 0) is 14.4 Å². The number of aryl methyl sites for hydroxylation is 1. The highest BCUT2D eigenvalue weighted by Crippen LogP contribution is 2.24. The quantitative estimate of drug-likeness (QED) is 0.896. The Morgan fingerprint density at radius 1 is 1.23 bits per heavy atom. The van der Waals surface area contributed by atoms with Gasteiger partial charge >= 0.3 is 0 Å². The van der Waals surface area contributed by atoms with Crippen LogP contribution in [0.2, 0.25) is 0 Å².